The number of hydrogen-bond donors (Lipinski definition) is 1. The van der Waals surface area contributed by atoms with E-state index in [-0.39, 0.29) is 0 Å². The molecule has 0 radical (unpaired) electrons. The molecule has 3 nitrogen and oxygen atoms in total. The van der Waals surface area contributed by atoms with Crippen LogP contribution in [0.15, 0.2) is 24.4 Å². The molecule has 18 heavy (non-hydrogen) atoms. The van der Waals surface area contributed by atoms with Crippen LogP contribution in [0.5, 0.6) is 0 Å². The van der Waals surface area contributed by atoms with E-state index in [0.717, 1.165) is 19.6 Å². The van der Waals surface area contributed by atoms with E-state index in [1.807, 2.05) is 12.3 Å². The first-order valence-corrected chi connectivity index (χ1v) is 7.08. The molecule has 1 aromatic heterocycles. The lowest BCUT2D eigenvalue weighted by atomic mass is 9.98. The molecule has 0 amide bonds. The molecule has 100 valence electrons. The first kappa shape index (κ1) is 13.5. The molecule has 2 rings (SSSR count). The Kier molecular flexibility index (Phi) is 4.72. The average Bonchev–Trinajstić information content (AvgIpc) is 2.39. The van der Waals surface area contributed by atoms with Crippen molar-refractivity contribution in [2.75, 3.05) is 13.1 Å². The van der Waals surface area contributed by atoms with Gasteiger partial charge in [-0.15, -0.1) is 0 Å². The van der Waals surface area contributed by atoms with Crippen molar-refractivity contribution >= 4 is 0 Å². The van der Waals surface area contributed by atoms with Gasteiger partial charge < -0.3 is 5.32 Å². The van der Waals surface area contributed by atoms with Crippen LogP contribution < -0.4 is 5.32 Å². The van der Waals surface area contributed by atoms with Gasteiger partial charge in [-0.3, -0.25) is 9.88 Å². The summed E-state index contributed by atoms with van der Waals surface area (Å²) in [7, 11) is 0. The normalized spacial score (nSPS) is 25.6. The molecule has 0 spiro atoms. The quantitative estimate of drug-likeness (QED) is 0.885. The Morgan fingerprint density at radius 2 is 2.28 bits per heavy atom. The summed E-state index contributed by atoms with van der Waals surface area (Å²) >= 11 is 0. The highest BCUT2D eigenvalue weighted by molar-refractivity contribution is 5.04. The molecule has 0 bridgehead atoms. The number of nitrogens with one attached hydrogen (secondary N) is 1. The lowest BCUT2D eigenvalue weighted by Crippen LogP contribution is -2.57. The Labute approximate surface area is 111 Å². The molecular weight excluding hydrogens is 222 g/mol. The summed E-state index contributed by atoms with van der Waals surface area (Å²) in [5.74, 6) is 0.689. The average molecular weight is 247 g/mol. The number of hydrogen-bond acceptors (Lipinski definition) is 3. The molecule has 1 aliphatic heterocycles. The van der Waals surface area contributed by atoms with Gasteiger partial charge in [-0.25, -0.2) is 0 Å². The number of rotatable bonds is 4. The second-order valence-corrected chi connectivity index (χ2v) is 5.57. The molecule has 1 fully saturated rings. The highest BCUT2D eigenvalue weighted by Crippen LogP contribution is 2.17. The van der Waals surface area contributed by atoms with Crippen LogP contribution in [0.2, 0.25) is 0 Å². The maximum Gasteiger partial charge on any atom is 0.0544 e. The Bertz CT molecular complexity index is 350. The Morgan fingerprint density at radius 3 is 2.89 bits per heavy atom. The van der Waals surface area contributed by atoms with Crippen LogP contribution in [0.1, 0.15) is 32.9 Å². The van der Waals surface area contributed by atoms with Crippen molar-refractivity contribution in [2.24, 2.45) is 5.92 Å². The third kappa shape index (κ3) is 3.30. The summed E-state index contributed by atoms with van der Waals surface area (Å²) in [6, 6.07) is 7.43. The van der Waals surface area contributed by atoms with Crippen LogP contribution in [0.25, 0.3) is 0 Å². The van der Waals surface area contributed by atoms with Crippen LogP contribution >= 0.6 is 0 Å². The van der Waals surface area contributed by atoms with Crippen molar-refractivity contribution in [1.29, 1.82) is 0 Å². The van der Waals surface area contributed by atoms with Gasteiger partial charge in [0.25, 0.3) is 0 Å². The van der Waals surface area contributed by atoms with Gasteiger partial charge in [-0.1, -0.05) is 26.8 Å². The molecule has 1 N–H and O–H groups in total. The second kappa shape index (κ2) is 6.30. The Morgan fingerprint density at radius 1 is 1.44 bits per heavy atom. The lowest BCUT2D eigenvalue weighted by molar-refractivity contribution is 0.102. The van der Waals surface area contributed by atoms with E-state index in [9.17, 15) is 0 Å². The highest BCUT2D eigenvalue weighted by atomic mass is 15.2. The standard InChI is InChI=1S/C15H25N3/c1-4-14-9-17-15(12(2)3)11-18(14)10-13-7-5-6-8-16-13/h5-8,12,14-15,17H,4,9-11H2,1-3H3. The van der Waals surface area contributed by atoms with Crippen molar-refractivity contribution in [3.8, 4) is 0 Å². The molecule has 0 saturated carbocycles. The molecule has 2 unspecified atom stereocenters. The third-order valence-corrected chi connectivity index (χ3v) is 3.93. The number of nitrogens with zero attached hydrogens (tertiary/aromatic N) is 2. The maximum atomic E-state index is 4.45. The van der Waals surface area contributed by atoms with E-state index in [1.165, 1.54) is 12.1 Å². The second-order valence-electron chi connectivity index (χ2n) is 5.57. The molecule has 1 saturated heterocycles. The number of piperazine rings is 1. The van der Waals surface area contributed by atoms with Gasteiger partial charge in [0.2, 0.25) is 0 Å². The van der Waals surface area contributed by atoms with Gasteiger partial charge in [-0.2, -0.15) is 0 Å². The van der Waals surface area contributed by atoms with Crippen LogP contribution in [-0.4, -0.2) is 35.1 Å². The summed E-state index contributed by atoms with van der Waals surface area (Å²) < 4.78 is 0. The van der Waals surface area contributed by atoms with Crippen molar-refractivity contribution in [3.05, 3.63) is 30.1 Å². The predicted octanol–water partition coefficient (Wildman–Crippen LogP) is 2.29. The summed E-state index contributed by atoms with van der Waals surface area (Å²) in [5, 5.41) is 3.67. The Hall–Kier alpha value is -0.930. The van der Waals surface area contributed by atoms with E-state index in [0.29, 0.717) is 18.0 Å². The van der Waals surface area contributed by atoms with Crippen LogP contribution in [0, 0.1) is 5.92 Å². The number of pyridine rings is 1. The molecular formula is C15H25N3. The van der Waals surface area contributed by atoms with Crippen molar-refractivity contribution in [2.45, 2.75) is 45.8 Å². The van der Waals surface area contributed by atoms with Gasteiger partial charge in [-0.05, 0) is 24.5 Å². The summed E-state index contributed by atoms with van der Waals surface area (Å²) in [6.07, 6.45) is 3.09. The summed E-state index contributed by atoms with van der Waals surface area (Å²) in [6.45, 7) is 10.1. The van der Waals surface area contributed by atoms with E-state index < -0.39 is 0 Å². The van der Waals surface area contributed by atoms with Crippen LogP contribution in [0.3, 0.4) is 0 Å². The minimum Gasteiger partial charge on any atom is -0.311 e. The summed E-state index contributed by atoms with van der Waals surface area (Å²) in [5.41, 5.74) is 1.18. The van der Waals surface area contributed by atoms with Gasteiger partial charge in [0, 0.05) is 37.9 Å². The largest absolute Gasteiger partial charge is 0.311 e. The highest BCUT2D eigenvalue weighted by Gasteiger charge is 2.28. The van der Waals surface area contributed by atoms with E-state index in [1.54, 1.807) is 0 Å². The minimum absolute atomic E-state index is 0.608. The SMILES string of the molecule is CCC1CNC(C(C)C)CN1Cc1ccccn1. The Balaban J connectivity index is 2.02. The van der Waals surface area contributed by atoms with Gasteiger partial charge in [0.1, 0.15) is 0 Å². The van der Waals surface area contributed by atoms with Gasteiger partial charge >= 0.3 is 0 Å². The summed E-state index contributed by atoms with van der Waals surface area (Å²) in [4.78, 5) is 7.04. The number of aromatic nitrogens is 1. The van der Waals surface area contributed by atoms with Crippen LogP contribution in [-0.2, 0) is 6.54 Å². The smallest absolute Gasteiger partial charge is 0.0544 e. The van der Waals surface area contributed by atoms with Gasteiger partial charge in [0.15, 0.2) is 0 Å². The molecule has 1 aliphatic rings. The molecule has 2 heterocycles. The lowest BCUT2D eigenvalue weighted by Gasteiger charge is -2.41. The fourth-order valence-corrected chi connectivity index (χ4v) is 2.63. The molecule has 0 aliphatic carbocycles. The third-order valence-electron chi connectivity index (χ3n) is 3.93. The molecule has 0 aromatic carbocycles. The zero-order valence-electron chi connectivity index (χ0n) is 11.8. The topological polar surface area (TPSA) is 28.2 Å². The molecule has 1 aromatic rings. The first-order chi connectivity index (χ1) is 8.70. The van der Waals surface area contributed by atoms with Crippen molar-refractivity contribution in [1.82, 2.24) is 15.2 Å². The predicted molar refractivity (Wildman–Crippen MR) is 75.4 cm³/mol. The fraction of sp³-hybridized carbons (Fsp3) is 0.667. The minimum atomic E-state index is 0.608. The monoisotopic (exact) mass is 247 g/mol. The van der Waals surface area contributed by atoms with Gasteiger partial charge in [0.05, 0.1) is 5.69 Å². The van der Waals surface area contributed by atoms with E-state index in [4.69, 9.17) is 0 Å². The van der Waals surface area contributed by atoms with Crippen LogP contribution in [0.4, 0.5) is 0 Å². The first-order valence-electron chi connectivity index (χ1n) is 7.08. The van der Waals surface area contributed by atoms with E-state index in [2.05, 4.69) is 48.1 Å². The zero-order chi connectivity index (χ0) is 13.0. The zero-order valence-corrected chi connectivity index (χ0v) is 11.8. The van der Waals surface area contributed by atoms with Crippen molar-refractivity contribution in [3.63, 3.8) is 0 Å². The molecule has 3 heteroatoms. The maximum absolute atomic E-state index is 4.45. The molecule has 2 atom stereocenters. The van der Waals surface area contributed by atoms with E-state index >= 15 is 0 Å². The van der Waals surface area contributed by atoms with Crippen molar-refractivity contribution < 1.29 is 0 Å². The fourth-order valence-electron chi connectivity index (χ4n) is 2.63.